The molecule has 1 aromatic heterocycles. The largest absolute Gasteiger partial charge is 0.306 e. The van der Waals surface area contributed by atoms with E-state index in [0.29, 0.717) is 0 Å². The van der Waals surface area contributed by atoms with Crippen molar-refractivity contribution in [2.75, 3.05) is 5.32 Å². The number of nitrogens with zero attached hydrogens (tertiary/aromatic N) is 2. The molecule has 2 aromatic rings. The molecule has 7 heteroatoms. The van der Waals surface area contributed by atoms with Crippen LogP contribution in [0.5, 0.6) is 0 Å². The Kier molecular flexibility index (Phi) is 3.26. The van der Waals surface area contributed by atoms with Gasteiger partial charge in [-0.3, -0.25) is 9.89 Å². The molecule has 0 saturated heterocycles. The van der Waals surface area contributed by atoms with Crippen LogP contribution in [0.15, 0.2) is 24.4 Å². The Morgan fingerprint density at radius 1 is 1.56 bits per heavy atom. The monoisotopic (exact) mass is 264 g/mol. The highest BCUT2D eigenvalue weighted by atomic mass is 35.5. The van der Waals surface area contributed by atoms with Gasteiger partial charge in [0.2, 0.25) is 0 Å². The van der Waals surface area contributed by atoms with Gasteiger partial charge in [0.1, 0.15) is 23.3 Å². The molecule has 1 aromatic carbocycles. The van der Waals surface area contributed by atoms with Gasteiger partial charge >= 0.3 is 0 Å². The Morgan fingerprint density at radius 3 is 3.00 bits per heavy atom. The summed E-state index contributed by atoms with van der Waals surface area (Å²) >= 11 is 5.58. The van der Waals surface area contributed by atoms with E-state index < -0.39 is 11.7 Å². The van der Waals surface area contributed by atoms with Crippen LogP contribution in [0.4, 0.5) is 10.2 Å². The number of aromatic amines is 1. The number of benzene rings is 1. The minimum absolute atomic E-state index is 0.122. The molecule has 5 nitrogen and oxygen atoms in total. The van der Waals surface area contributed by atoms with E-state index in [1.807, 2.05) is 6.07 Å². The lowest BCUT2D eigenvalue weighted by molar-refractivity contribution is 0.102. The van der Waals surface area contributed by atoms with E-state index in [-0.39, 0.29) is 22.0 Å². The number of hydrogen-bond donors (Lipinski definition) is 2. The predicted molar refractivity (Wildman–Crippen MR) is 62.7 cm³/mol. The molecule has 18 heavy (non-hydrogen) atoms. The van der Waals surface area contributed by atoms with E-state index in [1.165, 1.54) is 18.3 Å². The summed E-state index contributed by atoms with van der Waals surface area (Å²) in [7, 11) is 0. The molecule has 1 amide bonds. The van der Waals surface area contributed by atoms with Crippen LogP contribution in [0.2, 0.25) is 5.02 Å². The van der Waals surface area contributed by atoms with Crippen molar-refractivity contribution in [1.29, 1.82) is 5.26 Å². The van der Waals surface area contributed by atoms with Crippen molar-refractivity contribution in [2.45, 2.75) is 0 Å². The first-order valence-corrected chi connectivity index (χ1v) is 5.19. The molecule has 1 heterocycles. The lowest BCUT2D eigenvalue weighted by atomic mass is 10.2. The number of amides is 1. The van der Waals surface area contributed by atoms with Gasteiger partial charge in [-0.1, -0.05) is 11.6 Å². The Morgan fingerprint density at radius 2 is 2.33 bits per heavy atom. The third-order valence-electron chi connectivity index (χ3n) is 2.17. The maximum Gasteiger partial charge on any atom is 0.259 e. The molecule has 0 aliphatic carbocycles. The van der Waals surface area contributed by atoms with Crippen molar-refractivity contribution < 1.29 is 9.18 Å². The first kappa shape index (κ1) is 12.1. The smallest absolute Gasteiger partial charge is 0.259 e. The summed E-state index contributed by atoms with van der Waals surface area (Å²) in [6, 6.07) is 5.53. The number of halogens is 2. The average molecular weight is 265 g/mol. The van der Waals surface area contributed by atoms with Gasteiger partial charge in [-0.25, -0.2) is 4.39 Å². The Hall–Kier alpha value is -2.39. The Bertz CT molecular complexity index is 647. The van der Waals surface area contributed by atoms with E-state index in [1.54, 1.807) is 0 Å². The maximum atomic E-state index is 13.5. The molecule has 2 N–H and O–H groups in total. The minimum Gasteiger partial charge on any atom is -0.306 e. The molecule has 90 valence electrons. The van der Waals surface area contributed by atoms with Gasteiger partial charge in [-0.05, 0) is 18.2 Å². The van der Waals surface area contributed by atoms with Gasteiger partial charge in [-0.2, -0.15) is 10.4 Å². The molecule has 0 aliphatic rings. The van der Waals surface area contributed by atoms with Crippen molar-refractivity contribution in [2.24, 2.45) is 0 Å². The second kappa shape index (κ2) is 4.85. The van der Waals surface area contributed by atoms with Crippen molar-refractivity contribution in [3.8, 4) is 6.07 Å². The molecule has 0 aliphatic heterocycles. The van der Waals surface area contributed by atoms with Crippen LogP contribution in [0.25, 0.3) is 0 Å². The second-order valence-electron chi connectivity index (χ2n) is 3.35. The quantitative estimate of drug-likeness (QED) is 0.873. The first-order valence-electron chi connectivity index (χ1n) is 4.81. The summed E-state index contributed by atoms with van der Waals surface area (Å²) in [4.78, 5) is 11.8. The van der Waals surface area contributed by atoms with Gasteiger partial charge in [0.05, 0.1) is 11.8 Å². The predicted octanol–water partition coefficient (Wildman–Crippen LogP) is 2.33. The highest BCUT2D eigenvalue weighted by Gasteiger charge is 2.14. The van der Waals surface area contributed by atoms with Crippen molar-refractivity contribution >= 4 is 23.3 Å². The molecule has 2 rings (SSSR count). The Balaban J connectivity index is 2.25. The van der Waals surface area contributed by atoms with Crippen LogP contribution in [0.3, 0.4) is 0 Å². The van der Waals surface area contributed by atoms with Crippen LogP contribution < -0.4 is 5.32 Å². The van der Waals surface area contributed by atoms with Gasteiger partial charge < -0.3 is 5.32 Å². The summed E-state index contributed by atoms with van der Waals surface area (Å²) in [6.45, 7) is 0. The average Bonchev–Trinajstić information content (AvgIpc) is 2.76. The summed E-state index contributed by atoms with van der Waals surface area (Å²) in [5.41, 5.74) is -0.00406. The van der Waals surface area contributed by atoms with Gasteiger partial charge in [-0.15, -0.1) is 0 Å². The third-order valence-corrected chi connectivity index (χ3v) is 2.41. The van der Waals surface area contributed by atoms with Gasteiger partial charge in [0.15, 0.2) is 0 Å². The molecular formula is C11H6ClFN4O. The fourth-order valence-corrected chi connectivity index (χ4v) is 1.48. The van der Waals surface area contributed by atoms with Crippen molar-refractivity contribution in [3.63, 3.8) is 0 Å². The number of carbonyl (C=O) groups is 1. The maximum absolute atomic E-state index is 13.5. The third kappa shape index (κ3) is 2.31. The normalized spacial score (nSPS) is 9.83. The Labute approximate surface area is 106 Å². The molecule has 0 radical (unpaired) electrons. The number of rotatable bonds is 2. The van der Waals surface area contributed by atoms with Crippen LogP contribution >= 0.6 is 11.6 Å². The van der Waals surface area contributed by atoms with Crippen molar-refractivity contribution in [3.05, 3.63) is 46.4 Å². The fraction of sp³-hybridized carbons (Fsp3) is 0. The number of nitriles is 1. The zero-order chi connectivity index (χ0) is 13.1. The summed E-state index contributed by atoms with van der Waals surface area (Å²) in [5, 5.41) is 17.3. The second-order valence-corrected chi connectivity index (χ2v) is 3.79. The molecule has 0 unspecified atom stereocenters. The number of anilines is 1. The summed E-state index contributed by atoms with van der Waals surface area (Å²) < 4.78 is 13.5. The molecule has 0 bridgehead atoms. The van der Waals surface area contributed by atoms with E-state index in [4.69, 9.17) is 16.9 Å². The van der Waals surface area contributed by atoms with Gasteiger partial charge in [0, 0.05) is 5.02 Å². The highest BCUT2D eigenvalue weighted by Crippen LogP contribution is 2.17. The van der Waals surface area contributed by atoms with Crippen LogP contribution in [-0.4, -0.2) is 16.1 Å². The van der Waals surface area contributed by atoms with E-state index in [9.17, 15) is 9.18 Å². The first-order chi connectivity index (χ1) is 8.61. The van der Waals surface area contributed by atoms with Crippen LogP contribution in [0.1, 0.15) is 15.9 Å². The lowest BCUT2D eigenvalue weighted by Gasteiger charge is -2.04. The SMILES string of the molecule is N#Cc1cn[nH]c1NC(=O)c1ccc(Cl)cc1F. The highest BCUT2D eigenvalue weighted by molar-refractivity contribution is 6.30. The minimum atomic E-state index is -0.738. The number of hydrogen-bond acceptors (Lipinski definition) is 3. The lowest BCUT2D eigenvalue weighted by Crippen LogP contribution is -2.14. The van der Waals surface area contributed by atoms with Crippen LogP contribution in [0, 0.1) is 17.1 Å². The summed E-state index contributed by atoms with van der Waals surface area (Å²) in [6.07, 6.45) is 1.26. The zero-order valence-corrected chi connectivity index (χ0v) is 9.62. The van der Waals surface area contributed by atoms with E-state index in [2.05, 4.69) is 15.5 Å². The number of H-pyrrole nitrogens is 1. The van der Waals surface area contributed by atoms with Crippen molar-refractivity contribution in [1.82, 2.24) is 10.2 Å². The number of nitrogens with one attached hydrogen (secondary N) is 2. The molecule has 0 saturated carbocycles. The topological polar surface area (TPSA) is 81.6 Å². The molecule has 0 fully saturated rings. The van der Waals surface area contributed by atoms with Crippen LogP contribution in [-0.2, 0) is 0 Å². The molecular weight excluding hydrogens is 259 g/mol. The van der Waals surface area contributed by atoms with E-state index in [0.717, 1.165) is 6.07 Å². The molecule has 0 spiro atoms. The van der Waals surface area contributed by atoms with Gasteiger partial charge in [0.25, 0.3) is 5.91 Å². The summed E-state index contributed by atoms with van der Waals surface area (Å²) in [5.74, 6) is -1.31. The number of carbonyl (C=O) groups excluding carboxylic acids is 1. The fourth-order valence-electron chi connectivity index (χ4n) is 1.32. The standard InChI is InChI=1S/C11H6ClFN4O/c12-7-1-2-8(9(13)3-7)11(18)16-10-6(4-14)5-15-17-10/h1-3,5H,(H2,15,16,17,18). The zero-order valence-electron chi connectivity index (χ0n) is 8.87. The van der Waals surface area contributed by atoms with E-state index >= 15 is 0 Å². The molecule has 0 atom stereocenters. The number of aromatic nitrogens is 2.